The fourth-order valence-electron chi connectivity index (χ4n) is 1.52. The maximum Gasteiger partial charge on any atom is 0.451 e. The highest BCUT2D eigenvalue weighted by Crippen LogP contribution is 2.28. The fraction of sp³-hybridized carbons (Fsp3) is 0.0833. The lowest BCUT2D eigenvalue weighted by Crippen LogP contribution is -2.10. The number of carbonyl (C=O) groups is 1. The number of aldehydes is 1. The number of hydrogen-bond acceptors (Lipinski definition) is 3. The first kappa shape index (κ1) is 13.1. The van der Waals surface area contributed by atoms with Crippen LogP contribution in [-0.2, 0) is 6.18 Å². The van der Waals surface area contributed by atoms with Gasteiger partial charge in [-0.3, -0.25) is 4.79 Å². The van der Waals surface area contributed by atoms with Gasteiger partial charge < -0.3 is 0 Å². The maximum absolute atomic E-state index is 13.4. The number of carbonyl (C=O) groups excluding carboxylic acids is 1. The molecular weight excluding hydrogens is 264 g/mol. The summed E-state index contributed by atoms with van der Waals surface area (Å²) in [6.45, 7) is 0. The zero-order valence-corrected chi connectivity index (χ0v) is 9.28. The van der Waals surface area contributed by atoms with Crippen LogP contribution in [0, 0.1) is 5.82 Å². The molecule has 0 amide bonds. The second-order valence-corrected chi connectivity index (χ2v) is 3.61. The topological polar surface area (TPSA) is 42.9 Å². The molecule has 0 saturated carbocycles. The van der Waals surface area contributed by atoms with E-state index in [0.717, 1.165) is 18.5 Å². The van der Waals surface area contributed by atoms with Crippen LogP contribution in [0.25, 0.3) is 11.1 Å². The average molecular weight is 270 g/mol. The third-order valence-corrected chi connectivity index (χ3v) is 2.39. The highest BCUT2D eigenvalue weighted by Gasteiger charge is 2.34. The van der Waals surface area contributed by atoms with Crippen LogP contribution >= 0.6 is 0 Å². The zero-order valence-electron chi connectivity index (χ0n) is 9.28. The first-order valence-corrected chi connectivity index (χ1v) is 5.07. The quantitative estimate of drug-likeness (QED) is 0.622. The van der Waals surface area contributed by atoms with E-state index in [1.54, 1.807) is 0 Å². The summed E-state index contributed by atoms with van der Waals surface area (Å²) in [6.07, 6.45) is -2.55. The van der Waals surface area contributed by atoms with Crippen LogP contribution in [0.3, 0.4) is 0 Å². The van der Waals surface area contributed by atoms with E-state index >= 15 is 0 Å². The van der Waals surface area contributed by atoms with Crippen LogP contribution in [0.5, 0.6) is 0 Å². The lowest BCUT2D eigenvalue weighted by Gasteiger charge is -2.07. The van der Waals surface area contributed by atoms with Crippen molar-refractivity contribution in [3.05, 3.63) is 47.8 Å². The molecule has 0 bridgehead atoms. The minimum absolute atomic E-state index is 0.134. The number of benzene rings is 1. The van der Waals surface area contributed by atoms with Crippen LogP contribution < -0.4 is 0 Å². The van der Waals surface area contributed by atoms with Gasteiger partial charge in [-0.2, -0.15) is 13.2 Å². The molecule has 0 aliphatic rings. The summed E-state index contributed by atoms with van der Waals surface area (Å²) in [6, 6.07) is 3.83. The Balaban J connectivity index is 2.49. The van der Waals surface area contributed by atoms with Crippen molar-refractivity contribution in [3.63, 3.8) is 0 Å². The van der Waals surface area contributed by atoms with Crippen molar-refractivity contribution in [2.24, 2.45) is 0 Å². The summed E-state index contributed by atoms with van der Waals surface area (Å²) in [5.74, 6) is -2.05. The van der Waals surface area contributed by atoms with Gasteiger partial charge >= 0.3 is 6.18 Å². The Morgan fingerprint density at radius 1 is 1.11 bits per heavy atom. The van der Waals surface area contributed by atoms with Gasteiger partial charge in [-0.15, -0.1) is 0 Å². The Labute approximate surface area is 104 Å². The maximum atomic E-state index is 13.4. The Morgan fingerprint density at radius 3 is 2.26 bits per heavy atom. The highest BCUT2D eigenvalue weighted by molar-refractivity contribution is 5.87. The van der Waals surface area contributed by atoms with Gasteiger partial charge in [-0.25, -0.2) is 14.4 Å². The fourth-order valence-corrected chi connectivity index (χ4v) is 1.52. The molecule has 0 N–H and O–H groups in total. The number of nitrogens with zero attached hydrogens (tertiary/aromatic N) is 2. The Bertz CT molecular complexity index is 608. The molecule has 0 saturated heterocycles. The van der Waals surface area contributed by atoms with Crippen molar-refractivity contribution in [1.29, 1.82) is 0 Å². The number of rotatable bonds is 2. The van der Waals surface area contributed by atoms with Gasteiger partial charge in [0, 0.05) is 18.0 Å². The number of halogens is 4. The van der Waals surface area contributed by atoms with Crippen molar-refractivity contribution in [3.8, 4) is 11.1 Å². The first-order chi connectivity index (χ1) is 8.93. The molecule has 1 heterocycles. The predicted molar refractivity (Wildman–Crippen MR) is 57.8 cm³/mol. The number of hydrogen-bond donors (Lipinski definition) is 0. The molecule has 0 atom stereocenters. The lowest BCUT2D eigenvalue weighted by molar-refractivity contribution is -0.144. The van der Waals surface area contributed by atoms with E-state index in [0.29, 0.717) is 6.29 Å². The predicted octanol–water partition coefficient (Wildman–Crippen LogP) is 3.11. The minimum Gasteiger partial charge on any atom is -0.298 e. The van der Waals surface area contributed by atoms with Gasteiger partial charge in [0.25, 0.3) is 0 Å². The van der Waals surface area contributed by atoms with E-state index in [2.05, 4.69) is 9.97 Å². The molecule has 0 radical (unpaired) electrons. The van der Waals surface area contributed by atoms with Crippen molar-refractivity contribution in [2.45, 2.75) is 6.18 Å². The molecule has 1 aromatic heterocycles. The number of alkyl halides is 3. The molecule has 2 aromatic rings. The molecule has 0 aliphatic heterocycles. The van der Waals surface area contributed by atoms with Crippen molar-refractivity contribution < 1.29 is 22.4 Å². The summed E-state index contributed by atoms with van der Waals surface area (Å²) in [4.78, 5) is 17.1. The van der Waals surface area contributed by atoms with E-state index in [4.69, 9.17) is 0 Å². The molecule has 0 fully saturated rings. The molecule has 3 nitrogen and oxygen atoms in total. The molecule has 98 valence electrons. The largest absolute Gasteiger partial charge is 0.451 e. The van der Waals surface area contributed by atoms with E-state index in [-0.39, 0.29) is 16.7 Å². The SMILES string of the molecule is O=Cc1c(F)cccc1-c1cnc(C(F)(F)F)nc1. The van der Waals surface area contributed by atoms with Crippen molar-refractivity contribution >= 4 is 6.29 Å². The normalized spacial score (nSPS) is 11.4. The summed E-state index contributed by atoms with van der Waals surface area (Å²) in [7, 11) is 0. The van der Waals surface area contributed by atoms with Gasteiger partial charge in [0.1, 0.15) is 5.82 Å². The molecular formula is C12H6F4N2O. The van der Waals surface area contributed by atoms with Gasteiger partial charge in [-0.1, -0.05) is 12.1 Å². The van der Waals surface area contributed by atoms with Crippen molar-refractivity contribution in [2.75, 3.05) is 0 Å². The monoisotopic (exact) mass is 270 g/mol. The van der Waals surface area contributed by atoms with Gasteiger partial charge in [0.2, 0.25) is 5.82 Å². The molecule has 0 unspecified atom stereocenters. The van der Waals surface area contributed by atoms with Crippen LogP contribution in [0.15, 0.2) is 30.6 Å². The Kier molecular flexibility index (Phi) is 3.28. The Morgan fingerprint density at radius 2 is 1.74 bits per heavy atom. The van der Waals surface area contributed by atoms with Crippen molar-refractivity contribution in [1.82, 2.24) is 9.97 Å². The van der Waals surface area contributed by atoms with E-state index in [1.807, 2.05) is 0 Å². The minimum atomic E-state index is -4.64. The summed E-state index contributed by atoms with van der Waals surface area (Å²) < 4.78 is 50.2. The third kappa shape index (κ3) is 2.59. The molecule has 0 spiro atoms. The van der Waals surface area contributed by atoms with Gasteiger partial charge in [0.15, 0.2) is 6.29 Å². The lowest BCUT2D eigenvalue weighted by atomic mass is 10.0. The molecule has 0 aliphatic carbocycles. The summed E-state index contributed by atoms with van der Waals surface area (Å²) >= 11 is 0. The molecule has 7 heteroatoms. The van der Waals surface area contributed by atoms with Gasteiger partial charge in [0.05, 0.1) is 5.56 Å². The average Bonchev–Trinajstić information content (AvgIpc) is 2.37. The summed E-state index contributed by atoms with van der Waals surface area (Å²) in [5, 5.41) is 0. The molecule has 19 heavy (non-hydrogen) atoms. The van der Waals surface area contributed by atoms with E-state index < -0.39 is 17.8 Å². The second-order valence-electron chi connectivity index (χ2n) is 3.61. The molecule has 1 aromatic carbocycles. The van der Waals surface area contributed by atoms with E-state index in [1.165, 1.54) is 12.1 Å². The zero-order chi connectivity index (χ0) is 14.0. The number of aromatic nitrogens is 2. The van der Waals surface area contributed by atoms with Crippen LogP contribution in [0.2, 0.25) is 0 Å². The smallest absolute Gasteiger partial charge is 0.298 e. The highest BCUT2D eigenvalue weighted by atomic mass is 19.4. The summed E-state index contributed by atoms with van der Waals surface area (Å²) in [5.41, 5.74) is 0.0317. The second kappa shape index (κ2) is 4.75. The van der Waals surface area contributed by atoms with Crippen LogP contribution in [0.1, 0.15) is 16.2 Å². The van der Waals surface area contributed by atoms with Gasteiger partial charge in [-0.05, 0) is 11.6 Å². The molecule has 2 rings (SSSR count). The standard InChI is InChI=1S/C12H6F4N2O/c13-10-3-1-2-8(9(10)6-19)7-4-17-11(18-5-7)12(14,15)16/h1-6H. The Hall–Kier alpha value is -2.31. The first-order valence-electron chi connectivity index (χ1n) is 5.07. The third-order valence-electron chi connectivity index (χ3n) is 2.39. The van der Waals surface area contributed by atoms with Crippen LogP contribution in [-0.4, -0.2) is 16.3 Å². The van der Waals surface area contributed by atoms with E-state index in [9.17, 15) is 22.4 Å². The van der Waals surface area contributed by atoms with Crippen LogP contribution in [0.4, 0.5) is 17.6 Å².